The average molecular weight is 303 g/mol. The molecule has 0 spiro atoms. The molecule has 2 N–H and O–H groups in total. The third kappa shape index (κ3) is 6.47. The molecule has 1 aliphatic heterocycles. The van der Waals surface area contributed by atoms with Crippen molar-refractivity contribution < 1.29 is 14.7 Å². The Morgan fingerprint density at radius 1 is 1.30 bits per heavy atom. The van der Waals surface area contributed by atoms with Crippen LogP contribution >= 0.6 is 11.8 Å². The molecule has 6 nitrogen and oxygen atoms in total. The van der Waals surface area contributed by atoms with Gasteiger partial charge in [-0.3, -0.25) is 9.69 Å². The molecule has 20 heavy (non-hydrogen) atoms. The van der Waals surface area contributed by atoms with Crippen molar-refractivity contribution in [3.8, 4) is 0 Å². The number of amides is 2. The highest BCUT2D eigenvalue weighted by atomic mass is 32.2. The third-order valence-electron chi connectivity index (χ3n) is 3.29. The summed E-state index contributed by atoms with van der Waals surface area (Å²) < 4.78 is 0. The van der Waals surface area contributed by atoms with Gasteiger partial charge in [-0.2, -0.15) is 11.8 Å². The molecule has 0 aromatic heterocycles. The Morgan fingerprint density at radius 3 is 2.50 bits per heavy atom. The number of nitrogens with one attached hydrogen (secondary N) is 1. The lowest BCUT2D eigenvalue weighted by atomic mass is 10.2. The normalized spacial score (nSPS) is 17.8. The summed E-state index contributed by atoms with van der Waals surface area (Å²) in [7, 11) is 0. The second kappa shape index (κ2) is 9.07. The van der Waals surface area contributed by atoms with Crippen LogP contribution in [-0.2, 0) is 4.79 Å². The zero-order valence-corrected chi connectivity index (χ0v) is 13.1. The fourth-order valence-corrected chi connectivity index (χ4v) is 2.89. The lowest BCUT2D eigenvalue weighted by molar-refractivity contribution is -0.138. The van der Waals surface area contributed by atoms with E-state index in [-0.39, 0.29) is 18.6 Å². The van der Waals surface area contributed by atoms with Gasteiger partial charge in [0.05, 0.1) is 6.54 Å². The summed E-state index contributed by atoms with van der Waals surface area (Å²) in [5.41, 5.74) is 0. The summed E-state index contributed by atoms with van der Waals surface area (Å²) in [6, 6.07) is 0.146. The number of hydrogen-bond donors (Lipinski definition) is 2. The van der Waals surface area contributed by atoms with Crippen LogP contribution in [0.1, 0.15) is 20.3 Å². The van der Waals surface area contributed by atoms with Crippen molar-refractivity contribution in [1.29, 1.82) is 0 Å². The molecule has 7 heteroatoms. The number of thioether (sulfide) groups is 1. The number of rotatable bonds is 7. The molecule has 0 radical (unpaired) electrons. The molecule has 116 valence electrons. The van der Waals surface area contributed by atoms with Crippen molar-refractivity contribution in [2.75, 3.05) is 44.2 Å². The van der Waals surface area contributed by atoms with Crippen molar-refractivity contribution in [1.82, 2.24) is 15.1 Å². The maximum absolute atomic E-state index is 12.0. The Labute approximate surface area is 124 Å². The Balaban J connectivity index is 2.23. The Hall–Kier alpha value is -0.950. The van der Waals surface area contributed by atoms with Gasteiger partial charge >= 0.3 is 12.0 Å². The van der Waals surface area contributed by atoms with E-state index in [1.807, 2.05) is 23.6 Å². The van der Waals surface area contributed by atoms with Gasteiger partial charge in [0.2, 0.25) is 0 Å². The number of carboxylic acid groups (broad SMARTS) is 1. The number of piperazine rings is 1. The largest absolute Gasteiger partial charge is 0.480 e. The lowest BCUT2D eigenvalue weighted by Crippen LogP contribution is -2.53. The van der Waals surface area contributed by atoms with E-state index >= 15 is 0 Å². The van der Waals surface area contributed by atoms with Crippen molar-refractivity contribution in [3.63, 3.8) is 0 Å². The molecule has 1 aliphatic rings. The molecule has 1 fully saturated rings. The zero-order chi connectivity index (χ0) is 15.0. The topological polar surface area (TPSA) is 72.9 Å². The van der Waals surface area contributed by atoms with Crippen LogP contribution in [0.15, 0.2) is 0 Å². The molecule has 1 saturated heterocycles. The number of carbonyl (C=O) groups is 2. The quantitative estimate of drug-likeness (QED) is 0.685. The van der Waals surface area contributed by atoms with Crippen LogP contribution in [0.4, 0.5) is 4.79 Å². The van der Waals surface area contributed by atoms with Crippen LogP contribution in [0.3, 0.4) is 0 Å². The summed E-state index contributed by atoms with van der Waals surface area (Å²) in [4.78, 5) is 26.3. The molecule has 0 saturated carbocycles. The molecule has 0 aliphatic carbocycles. The average Bonchev–Trinajstić information content (AvgIpc) is 2.39. The lowest BCUT2D eigenvalue weighted by Gasteiger charge is -2.34. The van der Waals surface area contributed by atoms with Crippen LogP contribution < -0.4 is 5.32 Å². The van der Waals surface area contributed by atoms with Crippen LogP contribution in [0.2, 0.25) is 0 Å². The fraction of sp³-hybridized carbons (Fsp3) is 0.846. The van der Waals surface area contributed by atoms with E-state index in [9.17, 15) is 9.59 Å². The highest BCUT2D eigenvalue weighted by Crippen LogP contribution is 2.06. The van der Waals surface area contributed by atoms with Gasteiger partial charge in [0, 0.05) is 32.2 Å². The number of urea groups is 1. The minimum Gasteiger partial charge on any atom is -0.480 e. The highest BCUT2D eigenvalue weighted by Gasteiger charge is 2.22. The van der Waals surface area contributed by atoms with Crippen molar-refractivity contribution in [3.05, 3.63) is 0 Å². The number of nitrogens with zero attached hydrogens (tertiary/aromatic N) is 2. The second-order valence-corrected chi connectivity index (χ2v) is 6.39. The van der Waals surface area contributed by atoms with Crippen molar-refractivity contribution in [2.24, 2.45) is 0 Å². The standard InChI is InChI=1S/C13H25N3O3S/c1-3-20-9-4-11(2)14-13(19)16-7-5-15(6-8-16)10-12(17)18/h11H,3-10H2,1-2H3,(H,14,19)(H,17,18). The summed E-state index contributed by atoms with van der Waals surface area (Å²) >= 11 is 1.88. The van der Waals surface area contributed by atoms with Crippen LogP contribution in [-0.4, -0.2) is 77.2 Å². The minimum atomic E-state index is -0.815. The van der Waals surface area contributed by atoms with E-state index in [2.05, 4.69) is 12.2 Å². The smallest absolute Gasteiger partial charge is 0.317 e. The van der Waals surface area contributed by atoms with E-state index in [1.54, 1.807) is 4.90 Å². The monoisotopic (exact) mass is 303 g/mol. The Kier molecular flexibility index (Phi) is 7.76. The van der Waals surface area contributed by atoms with E-state index in [0.717, 1.165) is 17.9 Å². The van der Waals surface area contributed by atoms with Gasteiger partial charge in [0.1, 0.15) is 0 Å². The predicted molar refractivity (Wildman–Crippen MR) is 81.3 cm³/mol. The Bertz CT molecular complexity index is 320. The number of carbonyl (C=O) groups excluding carboxylic acids is 1. The number of aliphatic carboxylic acids is 1. The fourth-order valence-electron chi connectivity index (χ4n) is 2.08. The summed E-state index contributed by atoms with van der Waals surface area (Å²) in [6.07, 6.45) is 0.975. The third-order valence-corrected chi connectivity index (χ3v) is 4.22. The van der Waals surface area contributed by atoms with Gasteiger partial charge < -0.3 is 15.3 Å². The molecular weight excluding hydrogens is 278 g/mol. The minimum absolute atomic E-state index is 0.0334. The first-order chi connectivity index (χ1) is 9.52. The SMILES string of the molecule is CCSCCC(C)NC(=O)N1CCN(CC(=O)O)CC1. The molecule has 0 aromatic carbocycles. The van der Waals surface area contributed by atoms with E-state index in [4.69, 9.17) is 5.11 Å². The van der Waals surface area contributed by atoms with Crippen molar-refractivity contribution >= 4 is 23.8 Å². The molecule has 1 heterocycles. The molecule has 0 bridgehead atoms. The molecule has 1 atom stereocenters. The van der Waals surface area contributed by atoms with E-state index in [1.165, 1.54) is 0 Å². The predicted octanol–water partition coefficient (Wildman–Crippen LogP) is 0.930. The van der Waals surface area contributed by atoms with Crippen molar-refractivity contribution in [2.45, 2.75) is 26.3 Å². The molecule has 1 rings (SSSR count). The van der Waals surface area contributed by atoms with Gasteiger partial charge in [-0.25, -0.2) is 4.79 Å². The van der Waals surface area contributed by atoms with Gasteiger partial charge in [-0.05, 0) is 24.9 Å². The van der Waals surface area contributed by atoms with Crippen LogP contribution in [0.5, 0.6) is 0 Å². The van der Waals surface area contributed by atoms with Crippen LogP contribution in [0, 0.1) is 0 Å². The highest BCUT2D eigenvalue weighted by molar-refractivity contribution is 7.99. The number of hydrogen-bond acceptors (Lipinski definition) is 4. The van der Waals surface area contributed by atoms with Gasteiger partial charge in [-0.15, -0.1) is 0 Å². The summed E-state index contributed by atoms with van der Waals surface area (Å²) in [5, 5.41) is 11.7. The van der Waals surface area contributed by atoms with Gasteiger partial charge in [-0.1, -0.05) is 6.92 Å². The summed E-state index contributed by atoms with van der Waals surface area (Å²) in [5.74, 6) is 1.35. The van der Waals surface area contributed by atoms with Gasteiger partial charge in [0.15, 0.2) is 0 Å². The van der Waals surface area contributed by atoms with Gasteiger partial charge in [0.25, 0.3) is 0 Å². The molecule has 1 unspecified atom stereocenters. The molecule has 2 amide bonds. The maximum Gasteiger partial charge on any atom is 0.317 e. The Morgan fingerprint density at radius 2 is 1.95 bits per heavy atom. The first-order valence-corrected chi connectivity index (χ1v) is 8.25. The number of carboxylic acids is 1. The maximum atomic E-state index is 12.0. The zero-order valence-electron chi connectivity index (χ0n) is 12.3. The van der Waals surface area contributed by atoms with Crippen LogP contribution in [0.25, 0.3) is 0 Å². The first kappa shape index (κ1) is 17.1. The second-order valence-electron chi connectivity index (χ2n) is 4.99. The molecular formula is C13H25N3O3S. The van der Waals surface area contributed by atoms with E-state index in [0.29, 0.717) is 26.2 Å². The van der Waals surface area contributed by atoms with E-state index < -0.39 is 5.97 Å². The molecule has 0 aromatic rings. The first-order valence-electron chi connectivity index (χ1n) is 7.10. The summed E-state index contributed by atoms with van der Waals surface area (Å²) in [6.45, 7) is 6.64.